The number of hydrogen-bond donors (Lipinski definition) is 1. The highest BCUT2D eigenvalue weighted by Gasteiger charge is 2.35. The van der Waals surface area contributed by atoms with Crippen molar-refractivity contribution in [1.29, 1.82) is 0 Å². The Hall–Kier alpha value is -3.11. The van der Waals surface area contributed by atoms with Crippen molar-refractivity contribution in [3.8, 4) is 11.8 Å². The third-order valence-corrected chi connectivity index (χ3v) is 5.69. The van der Waals surface area contributed by atoms with E-state index >= 15 is 0 Å². The summed E-state index contributed by atoms with van der Waals surface area (Å²) in [7, 11) is 0. The molecular formula is C21H21N5O2. The maximum absolute atomic E-state index is 12.8. The van der Waals surface area contributed by atoms with E-state index in [-0.39, 0.29) is 11.9 Å². The smallest absolute Gasteiger partial charge is 0.270 e. The van der Waals surface area contributed by atoms with Gasteiger partial charge in [0.1, 0.15) is 18.5 Å². The molecule has 3 aromatic heterocycles. The summed E-state index contributed by atoms with van der Waals surface area (Å²) in [5.74, 6) is 6.64. The van der Waals surface area contributed by atoms with Gasteiger partial charge in [-0.15, -0.1) is 0 Å². The number of carbonyl (C=O) groups excluding carboxylic acids is 1. The monoisotopic (exact) mass is 375 g/mol. The molecule has 0 saturated carbocycles. The Labute approximate surface area is 162 Å². The van der Waals surface area contributed by atoms with Crippen molar-refractivity contribution in [3.05, 3.63) is 48.2 Å². The lowest BCUT2D eigenvalue weighted by molar-refractivity contribution is 0.0618. The maximum atomic E-state index is 12.8. The SMILES string of the molecule is O=C(NC1CN2CCC1CC2)c1cc2c(C#CCn3cccn3)coc2cn1. The number of carbonyl (C=O) groups is 1. The summed E-state index contributed by atoms with van der Waals surface area (Å²) in [4.78, 5) is 19.5. The summed E-state index contributed by atoms with van der Waals surface area (Å²) in [6.45, 7) is 3.74. The largest absolute Gasteiger partial charge is 0.461 e. The lowest BCUT2D eigenvalue weighted by Crippen LogP contribution is -2.57. The fourth-order valence-electron chi connectivity index (χ4n) is 4.13. The highest BCUT2D eigenvalue weighted by molar-refractivity contribution is 5.97. The number of furan rings is 1. The Kier molecular flexibility index (Phi) is 4.34. The molecule has 7 nitrogen and oxygen atoms in total. The molecular weight excluding hydrogens is 354 g/mol. The number of hydrogen-bond acceptors (Lipinski definition) is 5. The van der Waals surface area contributed by atoms with Crippen LogP contribution >= 0.6 is 0 Å². The van der Waals surface area contributed by atoms with Gasteiger partial charge >= 0.3 is 0 Å². The topological polar surface area (TPSA) is 76.2 Å². The van der Waals surface area contributed by atoms with E-state index in [1.807, 2.05) is 12.3 Å². The van der Waals surface area contributed by atoms with Gasteiger partial charge in [-0.1, -0.05) is 11.8 Å². The van der Waals surface area contributed by atoms with Gasteiger partial charge in [0, 0.05) is 30.4 Å². The van der Waals surface area contributed by atoms with E-state index in [2.05, 4.69) is 32.1 Å². The van der Waals surface area contributed by atoms with Gasteiger partial charge in [-0.25, -0.2) is 4.98 Å². The highest BCUT2D eigenvalue weighted by Crippen LogP contribution is 2.28. The number of fused-ring (bicyclic) bond motifs is 4. The number of aromatic nitrogens is 3. The van der Waals surface area contributed by atoms with Gasteiger partial charge in [-0.05, 0) is 44.0 Å². The second-order valence-corrected chi connectivity index (χ2v) is 7.44. The number of rotatable bonds is 3. The van der Waals surface area contributed by atoms with Crippen LogP contribution in [-0.4, -0.2) is 51.2 Å². The molecule has 2 bridgehead atoms. The number of piperidine rings is 3. The first kappa shape index (κ1) is 17.0. The van der Waals surface area contributed by atoms with Crippen LogP contribution in [0.4, 0.5) is 0 Å². The van der Waals surface area contributed by atoms with E-state index in [1.54, 1.807) is 29.4 Å². The van der Waals surface area contributed by atoms with E-state index in [4.69, 9.17) is 4.42 Å². The molecule has 6 heterocycles. The van der Waals surface area contributed by atoms with Gasteiger partial charge in [-0.2, -0.15) is 5.10 Å². The van der Waals surface area contributed by atoms with Crippen molar-refractivity contribution in [3.63, 3.8) is 0 Å². The number of pyridine rings is 1. The quantitative estimate of drug-likeness (QED) is 0.708. The minimum atomic E-state index is -0.127. The molecule has 1 atom stereocenters. The van der Waals surface area contributed by atoms with Crippen LogP contribution in [0.5, 0.6) is 0 Å². The molecule has 28 heavy (non-hydrogen) atoms. The van der Waals surface area contributed by atoms with Crippen molar-refractivity contribution < 1.29 is 9.21 Å². The Balaban J connectivity index is 1.34. The molecule has 3 fully saturated rings. The summed E-state index contributed by atoms with van der Waals surface area (Å²) < 4.78 is 7.29. The van der Waals surface area contributed by atoms with E-state index in [9.17, 15) is 4.79 Å². The summed E-state index contributed by atoms with van der Waals surface area (Å²) >= 11 is 0. The third kappa shape index (κ3) is 3.27. The van der Waals surface area contributed by atoms with Crippen molar-refractivity contribution in [2.75, 3.05) is 19.6 Å². The van der Waals surface area contributed by atoms with E-state index in [0.29, 0.717) is 23.7 Å². The normalized spacial score (nSPS) is 23.4. The van der Waals surface area contributed by atoms with Crippen molar-refractivity contribution in [1.82, 2.24) is 25.0 Å². The van der Waals surface area contributed by atoms with Crippen LogP contribution in [0.2, 0.25) is 0 Å². The zero-order chi connectivity index (χ0) is 18.9. The molecule has 1 N–H and O–H groups in total. The van der Waals surface area contributed by atoms with Gasteiger partial charge in [0.2, 0.25) is 0 Å². The first-order valence-corrected chi connectivity index (χ1v) is 9.63. The Bertz CT molecular complexity index is 1050. The molecule has 0 aromatic carbocycles. The van der Waals surface area contributed by atoms with Crippen LogP contribution in [0.15, 0.2) is 41.4 Å². The Morgan fingerprint density at radius 1 is 1.36 bits per heavy atom. The zero-order valence-electron chi connectivity index (χ0n) is 15.5. The summed E-state index contributed by atoms with van der Waals surface area (Å²) in [5, 5.41) is 8.12. The van der Waals surface area contributed by atoms with Crippen LogP contribution in [0.25, 0.3) is 11.0 Å². The van der Waals surface area contributed by atoms with Crippen molar-refractivity contribution in [2.24, 2.45) is 5.92 Å². The van der Waals surface area contributed by atoms with E-state index in [1.165, 1.54) is 0 Å². The van der Waals surface area contributed by atoms with E-state index in [0.717, 1.165) is 43.4 Å². The molecule has 142 valence electrons. The summed E-state index contributed by atoms with van der Waals surface area (Å²) in [6, 6.07) is 3.85. The molecule has 3 aliphatic heterocycles. The second-order valence-electron chi connectivity index (χ2n) is 7.44. The molecule has 1 amide bonds. The first-order valence-electron chi connectivity index (χ1n) is 9.63. The van der Waals surface area contributed by atoms with Gasteiger partial charge in [0.15, 0.2) is 5.58 Å². The van der Waals surface area contributed by atoms with Crippen LogP contribution in [-0.2, 0) is 6.54 Å². The lowest BCUT2D eigenvalue weighted by atomic mass is 9.84. The zero-order valence-corrected chi connectivity index (χ0v) is 15.5. The molecule has 0 aliphatic carbocycles. The summed E-state index contributed by atoms with van der Waals surface area (Å²) in [5.41, 5.74) is 1.78. The molecule has 6 rings (SSSR count). The second kappa shape index (κ2) is 7.13. The predicted molar refractivity (Wildman–Crippen MR) is 104 cm³/mol. The molecule has 0 spiro atoms. The van der Waals surface area contributed by atoms with Crippen LogP contribution in [0.1, 0.15) is 28.9 Å². The first-order chi connectivity index (χ1) is 13.8. The van der Waals surface area contributed by atoms with Crippen molar-refractivity contribution in [2.45, 2.75) is 25.4 Å². The fraction of sp³-hybridized carbons (Fsp3) is 0.381. The fourth-order valence-corrected chi connectivity index (χ4v) is 4.13. The van der Waals surface area contributed by atoms with Crippen LogP contribution < -0.4 is 5.32 Å². The molecule has 7 heteroatoms. The van der Waals surface area contributed by atoms with E-state index < -0.39 is 0 Å². The minimum Gasteiger partial charge on any atom is -0.461 e. The number of amides is 1. The Morgan fingerprint density at radius 2 is 2.25 bits per heavy atom. The lowest BCUT2D eigenvalue weighted by Gasteiger charge is -2.44. The minimum absolute atomic E-state index is 0.127. The molecule has 3 aromatic rings. The van der Waals surface area contributed by atoms with Gasteiger partial charge in [-0.3, -0.25) is 9.48 Å². The van der Waals surface area contributed by atoms with Gasteiger partial charge in [0.05, 0.1) is 11.8 Å². The standard InChI is InChI=1S/C21H21N5O2/c27-21(24-19-13-25-9-4-15(19)5-10-25)18-11-17-16(14-28-20(17)12-22-18)3-1-7-26-8-2-6-23-26/h2,6,8,11-12,14-15,19H,4-5,7,9-10,13H2,(H,24,27). The molecule has 3 saturated heterocycles. The van der Waals surface area contributed by atoms with Crippen LogP contribution in [0.3, 0.4) is 0 Å². The number of nitrogens with one attached hydrogen (secondary N) is 1. The average Bonchev–Trinajstić information content (AvgIpc) is 3.39. The molecule has 1 unspecified atom stereocenters. The average molecular weight is 375 g/mol. The third-order valence-electron chi connectivity index (χ3n) is 5.69. The predicted octanol–water partition coefficient (Wildman–Crippen LogP) is 1.90. The molecule has 3 aliphatic rings. The number of nitrogens with zero attached hydrogens (tertiary/aromatic N) is 4. The van der Waals surface area contributed by atoms with Gasteiger partial charge < -0.3 is 14.6 Å². The maximum Gasteiger partial charge on any atom is 0.270 e. The van der Waals surface area contributed by atoms with Gasteiger partial charge in [0.25, 0.3) is 5.91 Å². The highest BCUT2D eigenvalue weighted by atomic mass is 16.3. The van der Waals surface area contributed by atoms with Crippen molar-refractivity contribution >= 4 is 16.9 Å². The Morgan fingerprint density at radius 3 is 3.00 bits per heavy atom. The molecule has 0 radical (unpaired) electrons. The van der Waals surface area contributed by atoms with Crippen LogP contribution in [0, 0.1) is 17.8 Å². The summed E-state index contributed by atoms with van der Waals surface area (Å²) in [6.07, 6.45) is 9.12.